The fourth-order valence-corrected chi connectivity index (χ4v) is 5.42. The summed E-state index contributed by atoms with van der Waals surface area (Å²) in [5.74, 6) is 0.227. The van der Waals surface area contributed by atoms with Crippen LogP contribution in [0.25, 0.3) is 28.3 Å². The molecule has 0 aliphatic carbocycles. The summed E-state index contributed by atoms with van der Waals surface area (Å²) in [6.07, 6.45) is 5.39. The average Bonchev–Trinajstić information content (AvgIpc) is 3.71. The van der Waals surface area contributed by atoms with Gasteiger partial charge in [0.2, 0.25) is 11.8 Å². The largest absolute Gasteiger partial charge is 0.617 e. The van der Waals surface area contributed by atoms with E-state index in [1.807, 2.05) is 4.90 Å². The average molecular weight is 586 g/mol. The lowest BCUT2D eigenvalue weighted by atomic mass is 10.2. The first kappa shape index (κ1) is 27.2. The summed E-state index contributed by atoms with van der Waals surface area (Å²) < 4.78 is 54.4. The number of halogens is 2. The molecule has 216 valence electrons. The second kappa shape index (κ2) is 11.5. The molecule has 6 rings (SSSR count). The lowest BCUT2D eigenvalue weighted by Crippen LogP contribution is -2.47. The molecule has 1 aliphatic rings. The highest BCUT2D eigenvalue weighted by atomic mass is 32.2. The third-order valence-corrected chi connectivity index (χ3v) is 7.88. The number of nitrogen functional groups attached to an aromatic ring is 1. The number of benzene rings is 1. The molecular formula is C26H29F2N9O3S. The summed E-state index contributed by atoms with van der Waals surface area (Å²) in [7, 11) is 0. The molecule has 0 spiro atoms. The summed E-state index contributed by atoms with van der Waals surface area (Å²) in [6.45, 7) is 3.98. The standard InChI is InChI=1S/C26H29F2N9O3S/c1-41(38)13-3-12-40-22-15-20(18(27)14-19(22)28)35-8-5-34(6-9-35)7-10-36-24-17(16-30-36)25-31-23(21-4-2-11-39-21)33-37(25)26(29)32-24/h2,4,11,14-16H,3,5-10,12-13H2,1H3,(H2,29,32)/t41-/m0/s1. The minimum Gasteiger partial charge on any atom is -0.617 e. The van der Waals surface area contributed by atoms with Gasteiger partial charge in [-0.2, -0.15) is 14.6 Å². The number of anilines is 2. The van der Waals surface area contributed by atoms with Gasteiger partial charge in [0.25, 0.3) is 0 Å². The molecule has 1 fully saturated rings. The van der Waals surface area contributed by atoms with E-state index in [0.717, 1.165) is 11.5 Å². The number of ether oxygens (including phenoxy) is 1. The third kappa shape index (κ3) is 5.64. The number of hydrogen-bond donors (Lipinski definition) is 1. The molecular weight excluding hydrogens is 556 g/mol. The summed E-state index contributed by atoms with van der Waals surface area (Å²) in [5, 5.41) is 9.66. The van der Waals surface area contributed by atoms with Gasteiger partial charge in [0, 0.05) is 51.3 Å². The molecule has 12 nitrogen and oxygen atoms in total. The minimum atomic E-state index is -0.945. The van der Waals surface area contributed by atoms with Crippen LogP contribution < -0.4 is 15.4 Å². The topological polar surface area (TPSA) is 139 Å². The van der Waals surface area contributed by atoms with Crippen LogP contribution in [0.4, 0.5) is 20.4 Å². The maximum atomic E-state index is 14.7. The van der Waals surface area contributed by atoms with Gasteiger partial charge in [0.1, 0.15) is 11.6 Å². The molecule has 41 heavy (non-hydrogen) atoms. The van der Waals surface area contributed by atoms with Gasteiger partial charge in [-0.1, -0.05) is 11.2 Å². The van der Waals surface area contributed by atoms with Crippen LogP contribution in [-0.4, -0.2) is 90.2 Å². The van der Waals surface area contributed by atoms with E-state index in [1.54, 1.807) is 35.5 Å². The maximum absolute atomic E-state index is 14.7. The van der Waals surface area contributed by atoms with Crippen molar-refractivity contribution in [2.24, 2.45) is 0 Å². The molecule has 0 unspecified atom stereocenters. The Labute approximate surface area is 236 Å². The zero-order valence-corrected chi connectivity index (χ0v) is 23.2. The van der Waals surface area contributed by atoms with Crippen molar-refractivity contribution in [3.63, 3.8) is 0 Å². The number of nitrogens with two attached hydrogens (primary N) is 1. The molecule has 15 heteroatoms. The Morgan fingerprint density at radius 2 is 1.93 bits per heavy atom. The second-order valence-corrected chi connectivity index (χ2v) is 11.3. The molecule has 1 aromatic carbocycles. The smallest absolute Gasteiger partial charge is 0.225 e. The van der Waals surface area contributed by atoms with Crippen molar-refractivity contribution in [3.05, 3.63) is 48.4 Å². The third-order valence-electron chi connectivity index (χ3n) is 7.01. The summed E-state index contributed by atoms with van der Waals surface area (Å²) in [5.41, 5.74) is 7.65. The van der Waals surface area contributed by atoms with E-state index < -0.39 is 22.8 Å². The Morgan fingerprint density at radius 3 is 2.68 bits per heavy atom. The van der Waals surface area contributed by atoms with Crippen molar-refractivity contribution < 1.29 is 22.5 Å². The first-order chi connectivity index (χ1) is 19.9. The Bertz CT molecular complexity index is 1650. The number of piperazine rings is 1. The van der Waals surface area contributed by atoms with Crippen LogP contribution in [0.1, 0.15) is 6.42 Å². The van der Waals surface area contributed by atoms with Crippen molar-refractivity contribution >= 4 is 39.5 Å². The monoisotopic (exact) mass is 585 g/mol. The van der Waals surface area contributed by atoms with Gasteiger partial charge in [-0.05, 0) is 12.1 Å². The summed E-state index contributed by atoms with van der Waals surface area (Å²) >= 11 is -0.945. The van der Waals surface area contributed by atoms with Gasteiger partial charge in [-0.3, -0.25) is 4.90 Å². The Hall–Kier alpha value is -3.95. The highest BCUT2D eigenvalue weighted by Crippen LogP contribution is 2.29. The lowest BCUT2D eigenvalue weighted by Gasteiger charge is -2.36. The number of furan rings is 1. The van der Waals surface area contributed by atoms with Crippen LogP contribution in [0, 0.1) is 11.6 Å². The molecule has 1 saturated heterocycles. The minimum absolute atomic E-state index is 0.00103. The van der Waals surface area contributed by atoms with Crippen molar-refractivity contribution in [1.29, 1.82) is 0 Å². The van der Waals surface area contributed by atoms with Gasteiger partial charge in [0.15, 0.2) is 28.6 Å². The van der Waals surface area contributed by atoms with Crippen LogP contribution >= 0.6 is 0 Å². The summed E-state index contributed by atoms with van der Waals surface area (Å²) in [6, 6.07) is 5.81. The van der Waals surface area contributed by atoms with E-state index in [2.05, 4.69) is 25.1 Å². The SMILES string of the molecule is C[S@+]([O-])CCCOc1cc(N2CCN(CCn3ncc4c3nc(N)n3nc(-c5ccco5)nc43)CC2)c(F)cc1F. The van der Waals surface area contributed by atoms with E-state index in [9.17, 15) is 13.3 Å². The van der Waals surface area contributed by atoms with Crippen LogP contribution in [0.5, 0.6) is 5.75 Å². The normalized spacial score (nSPS) is 15.3. The van der Waals surface area contributed by atoms with Gasteiger partial charge in [-0.15, -0.1) is 5.10 Å². The van der Waals surface area contributed by atoms with Gasteiger partial charge in [0.05, 0.1) is 42.9 Å². The molecule has 1 aliphatic heterocycles. The molecule has 1 atom stereocenters. The van der Waals surface area contributed by atoms with E-state index in [0.29, 0.717) is 80.0 Å². The first-order valence-corrected chi connectivity index (χ1v) is 14.9. The molecule has 0 saturated carbocycles. The number of hydrogen-bond acceptors (Lipinski definition) is 10. The van der Waals surface area contributed by atoms with E-state index in [1.165, 1.54) is 10.6 Å². The highest BCUT2D eigenvalue weighted by Gasteiger charge is 2.23. The maximum Gasteiger partial charge on any atom is 0.225 e. The number of nitrogens with zero attached hydrogens (tertiary/aromatic N) is 8. The van der Waals surface area contributed by atoms with Crippen LogP contribution in [0.2, 0.25) is 0 Å². The Balaban J connectivity index is 1.09. The Kier molecular flexibility index (Phi) is 7.64. The highest BCUT2D eigenvalue weighted by molar-refractivity contribution is 7.90. The molecule has 0 amide bonds. The van der Waals surface area contributed by atoms with Crippen molar-refractivity contribution in [1.82, 2.24) is 34.3 Å². The number of fused-ring (bicyclic) bond motifs is 3. The molecule has 0 bridgehead atoms. The fourth-order valence-electron chi connectivity index (χ4n) is 4.89. The van der Waals surface area contributed by atoms with Crippen LogP contribution in [-0.2, 0) is 17.7 Å². The first-order valence-electron chi connectivity index (χ1n) is 13.2. The zero-order valence-electron chi connectivity index (χ0n) is 22.4. The van der Waals surface area contributed by atoms with Gasteiger partial charge < -0.3 is 24.3 Å². The quantitative estimate of drug-likeness (QED) is 0.192. The summed E-state index contributed by atoms with van der Waals surface area (Å²) in [4.78, 5) is 13.2. The molecule has 4 aromatic heterocycles. The van der Waals surface area contributed by atoms with E-state index >= 15 is 0 Å². The second-order valence-electron chi connectivity index (χ2n) is 9.77. The van der Waals surface area contributed by atoms with Crippen molar-refractivity contribution in [2.45, 2.75) is 13.0 Å². The van der Waals surface area contributed by atoms with Crippen molar-refractivity contribution in [3.8, 4) is 17.3 Å². The molecule has 2 N–H and O–H groups in total. The fraction of sp³-hybridized carbons (Fsp3) is 0.385. The lowest BCUT2D eigenvalue weighted by molar-refractivity contribution is 0.244. The molecule has 0 radical (unpaired) electrons. The van der Waals surface area contributed by atoms with Crippen molar-refractivity contribution in [2.75, 3.05) is 62.0 Å². The Morgan fingerprint density at radius 1 is 1.10 bits per heavy atom. The zero-order chi connectivity index (χ0) is 28.5. The van der Waals surface area contributed by atoms with E-state index in [-0.39, 0.29) is 18.3 Å². The predicted octanol–water partition coefficient (Wildman–Crippen LogP) is 2.56. The predicted molar refractivity (Wildman–Crippen MR) is 150 cm³/mol. The van der Waals surface area contributed by atoms with E-state index in [4.69, 9.17) is 14.9 Å². The van der Waals surface area contributed by atoms with Gasteiger partial charge in [-0.25, -0.2) is 18.4 Å². The number of rotatable bonds is 10. The van der Waals surface area contributed by atoms with Crippen LogP contribution in [0.3, 0.4) is 0 Å². The molecule has 5 aromatic rings. The van der Waals surface area contributed by atoms with Gasteiger partial charge >= 0.3 is 0 Å². The number of aromatic nitrogens is 6. The van der Waals surface area contributed by atoms with Crippen LogP contribution in [0.15, 0.2) is 41.1 Å². The molecule has 5 heterocycles.